The summed E-state index contributed by atoms with van der Waals surface area (Å²) in [6.07, 6.45) is 2.53. The lowest BCUT2D eigenvalue weighted by Gasteiger charge is -2.43. The summed E-state index contributed by atoms with van der Waals surface area (Å²) in [4.78, 5) is 2.44. The van der Waals surface area contributed by atoms with Gasteiger partial charge in [-0.3, -0.25) is 4.90 Å². The lowest BCUT2D eigenvalue weighted by Crippen LogP contribution is -2.47. The molecule has 0 unspecified atom stereocenters. The maximum Gasteiger partial charge on any atom is 0.165 e. The van der Waals surface area contributed by atoms with Gasteiger partial charge in [0, 0.05) is 11.5 Å². The fourth-order valence-electron chi connectivity index (χ4n) is 3.42. The van der Waals surface area contributed by atoms with E-state index in [4.69, 9.17) is 9.47 Å². The minimum atomic E-state index is 0.525. The van der Waals surface area contributed by atoms with E-state index in [0.717, 1.165) is 18.1 Å². The van der Waals surface area contributed by atoms with E-state index in [1.807, 2.05) is 6.07 Å². The SMILES string of the molecule is COc1ccc(C)c2c1OC[C@@H]1[C@@H]2CCCN1C. The molecular weight excluding hydrogens is 226 g/mol. The molecule has 18 heavy (non-hydrogen) atoms. The lowest BCUT2D eigenvalue weighted by atomic mass is 9.80. The Kier molecular flexibility index (Phi) is 2.94. The largest absolute Gasteiger partial charge is 0.493 e. The Bertz CT molecular complexity index is 458. The smallest absolute Gasteiger partial charge is 0.165 e. The van der Waals surface area contributed by atoms with Crippen LogP contribution >= 0.6 is 0 Å². The van der Waals surface area contributed by atoms with Crippen LogP contribution in [0.2, 0.25) is 0 Å². The lowest BCUT2D eigenvalue weighted by molar-refractivity contribution is 0.0844. The second-order valence-electron chi connectivity index (χ2n) is 5.44. The molecule has 0 radical (unpaired) electrons. The van der Waals surface area contributed by atoms with Crippen LogP contribution in [0.5, 0.6) is 11.5 Å². The normalized spacial score (nSPS) is 27.1. The zero-order chi connectivity index (χ0) is 12.7. The minimum absolute atomic E-state index is 0.525. The van der Waals surface area contributed by atoms with E-state index < -0.39 is 0 Å². The first-order valence-electron chi connectivity index (χ1n) is 6.73. The third kappa shape index (κ3) is 1.69. The van der Waals surface area contributed by atoms with E-state index in [2.05, 4.69) is 24.9 Å². The topological polar surface area (TPSA) is 21.7 Å². The molecule has 3 nitrogen and oxygen atoms in total. The van der Waals surface area contributed by atoms with Gasteiger partial charge in [0.15, 0.2) is 11.5 Å². The first-order valence-corrected chi connectivity index (χ1v) is 6.73. The first-order chi connectivity index (χ1) is 8.72. The van der Waals surface area contributed by atoms with Gasteiger partial charge in [0.25, 0.3) is 0 Å². The number of nitrogens with zero attached hydrogens (tertiary/aromatic N) is 1. The summed E-state index contributed by atoms with van der Waals surface area (Å²) in [6, 6.07) is 4.69. The summed E-state index contributed by atoms with van der Waals surface area (Å²) < 4.78 is 11.4. The number of methoxy groups -OCH3 is 1. The van der Waals surface area contributed by atoms with Crippen molar-refractivity contribution in [2.75, 3.05) is 27.3 Å². The van der Waals surface area contributed by atoms with Crippen molar-refractivity contribution in [1.29, 1.82) is 0 Å². The van der Waals surface area contributed by atoms with Gasteiger partial charge in [-0.2, -0.15) is 0 Å². The van der Waals surface area contributed by atoms with Crippen molar-refractivity contribution in [3.8, 4) is 11.5 Å². The number of ether oxygens (including phenoxy) is 2. The highest BCUT2D eigenvalue weighted by atomic mass is 16.5. The van der Waals surface area contributed by atoms with E-state index in [0.29, 0.717) is 12.0 Å². The van der Waals surface area contributed by atoms with Gasteiger partial charge in [-0.05, 0) is 45.0 Å². The number of hydrogen-bond acceptors (Lipinski definition) is 3. The van der Waals surface area contributed by atoms with Gasteiger partial charge < -0.3 is 9.47 Å². The van der Waals surface area contributed by atoms with Gasteiger partial charge in [0.2, 0.25) is 0 Å². The summed E-state index contributed by atoms with van der Waals surface area (Å²) in [7, 11) is 3.92. The number of likely N-dealkylation sites (N-methyl/N-ethyl adjacent to an activating group) is 1. The summed E-state index contributed by atoms with van der Waals surface area (Å²) in [5.41, 5.74) is 2.70. The van der Waals surface area contributed by atoms with Gasteiger partial charge in [-0.15, -0.1) is 0 Å². The Morgan fingerprint density at radius 3 is 3.00 bits per heavy atom. The standard InChI is InChI=1S/C15H21NO2/c1-10-6-7-13(17-3)15-14(10)11-5-4-8-16(2)12(11)9-18-15/h6-7,11-12H,4-5,8-9H2,1-3H3/t11-,12+/m0/s1. The highest BCUT2D eigenvalue weighted by Crippen LogP contribution is 2.46. The van der Waals surface area contributed by atoms with E-state index in [1.165, 1.54) is 30.5 Å². The summed E-state index contributed by atoms with van der Waals surface area (Å²) in [5, 5.41) is 0. The predicted octanol–water partition coefficient (Wildman–Crippen LogP) is 2.57. The number of piperidine rings is 1. The van der Waals surface area contributed by atoms with Crippen molar-refractivity contribution in [3.63, 3.8) is 0 Å². The molecule has 98 valence electrons. The molecule has 0 spiro atoms. The Balaban J connectivity index is 2.08. The monoisotopic (exact) mass is 247 g/mol. The summed E-state index contributed by atoms with van der Waals surface area (Å²) >= 11 is 0. The van der Waals surface area contributed by atoms with Crippen LogP contribution in [0.25, 0.3) is 0 Å². The molecule has 2 atom stereocenters. The molecule has 2 aliphatic heterocycles. The molecule has 2 heterocycles. The number of likely N-dealkylation sites (tertiary alicyclic amines) is 1. The molecule has 0 aromatic heterocycles. The Morgan fingerprint density at radius 1 is 1.39 bits per heavy atom. The van der Waals surface area contributed by atoms with Crippen molar-refractivity contribution >= 4 is 0 Å². The van der Waals surface area contributed by atoms with Crippen molar-refractivity contribution < 1.29 is 9.47 Å². The number of fused-ring (bicyclic) bond motifs is 3. The third-order valence-electron chi connectivity index (χ3n) is 4.42. The van der Waals surface area contributed by atoms with Crippen molar-refractivity contribution in [1.82, 2.24) is 4.90 Å². The summed E-state index contributed by atoms with van der Waals surface area (Å²) in [6.45, 7) is 4.15. The fraction of sp³-hybridized carbons (Fsp3) is 0.600. The van der Waals surface area contributed by atoms with Crippen LogP contribution in [0, 0.1) is 6.92 Å². The Morgan fingerprint density at radius 2 is 2.22 bits per heavy atom. The van der Waals surface area contributed by atoms with Gasteiger partial charge in [0.1, 0.15) is 6.61 Å². The fourth-order valence-corrected chi connectivity index (χ4v) is 3.42. The molecule has 0 saturated carbocycles. The van der Waals surface area contributed by atoms with Gasteiger partial charge in [-0.25, -0.2) is 0 Å². The molecule has 0 N–H and O–H groups in total. The van der Waals surface area contributed by atoms with E-state index >= 15 is 0 Å². The van der Waals surface area contributed by atoms with E-state index in [1.54, 1.807) is 7.11 Å². The average molecular weight is 247 g/mol. The predicted molar refractivity (Wildman–Crippen MR) is 71.6 cm³/mol. The molecule has 1 aromatic carbocycles. The van der Waals surface area contributed by atoms with Crippen LogP contribution in [0.1, 0.15) is 29.9 Å². The average Bonchev–Trinajstić information content (AvgIpc) is 2.39. The molecule has 0 bridgehead atoms. The number of hydrogen-bond donors (Lipinski definition) is 0. The van der Waals surface area contributed by atoms with Crippen LogP contribution in [-0.2, 0) is 0 Å². The summed E-state index contributed by atoms with van der Waals surface area (Å²) in [5.74, 6) is 2.46. The second kappa shape index (κ2) is 4.47. The van der Waals surface area contributed by atoms with Gasteiger partial charge >= 0.3 is 0 Å². The molecule has 3 heteroatoms. The molecule has 0 amide bonds. The maximum absolute atomic E-state index is 6.00. The zero-order valence-corrected chi connectivity index (χ0v) is 11.4. The van der Waals surface area contributed by atoms with Crippen LogP contribution < -0.4 is 9.47 Å². The molecule has 1 fully saturated rings. The van der Waals surface area contributed by atoms with Crippen molar-refractivity contribution in [2.24, 2.45) is 0 Å². The molecule has 2 aliphatic rings. The van der Waals surface area contributed by atoms with Crippen LogP contribution in [0.15, 0.2) is 12.1 Å². The minimum Gasteiger partial charge on any atom is -0.493 e. The highest BCUT2D eigenvalue weighted by molar-refractivity contribution is 5.54. The molecule has 1 saturated heterocycles. The Labute approximate surface area is 109 Å². The number of benzene rings is 1. The van der Waals surface area contributed by atoms with E-state index in [9.17, 15) is 0 Å². The highest BCUT2D eigenvalue weighted by Gasteiger charge is 2.38. The van der Waals surface area contributed by atoms with Gasteiger partial charge in [-0.1, -0.05) is 6.07 Å². The maximum atomic E-state index is 6.00. The zero-order valence-electron chi connectivity index (χ0n) is 11.4. The molecule has 0 aliphatic carbocycles. The Hall–Kier alpha value is -1.22. The molecule has 1 aromatic rings. The third-order valence-corrected chi connectivity index (χ3v) is 4.42. The van der Waals surface area contributed by atoms with Crippen LogP contribution in [0.4, 0.5) is 0 Å². The first kappa shape index (κ1) is 11.8. The number of aryl methyl sites for hydroxylation is 1. The molecular formula is C15H21NO2. The van der Waals surface area contributed by atoms with E-state index in [-0.39, 0.29) is 0 Å². The number of rotatable bonds is 1. The van der Waals surface area contributed by atoms with Crippen molar-refractivity contribution in [2.45, 2.75) is 31.7 Å². The van der Waals surface area contributed by atoms with Crippen molar-refractivity contribution in [3.05, 3.63) is 23.3 Å². The second-order valence-corrected chi connectivity index (χ2v) is 5.44. The quantitative estimate of drug-likeness (QED) is 0.761. The molecule has 3 rings (SSSR count). The van der Waals surface area contributed by atoms with Crippen LogP contribution in [0.3, 0.4) is 0 Å². The van der Waals surface area contributed by atoms with Gasteiger partial charge in [0.05, 0.1) is 13.2 Å². The van der Waals surface area contributed by atoms with Crippen LogP contribution in [-0.4, -0.2) is 38.3 Å².